The van der Waals surface area contributed by atoms with Gasteiger partial charge in [-0.25, -0.2) is 4.98 Å². The van der Waals surface area contributed by atoms with E-state index in [4.69, 9.17) is 14.5 Å². The van der Waals surface area contributed by atoms with Crippen LogP contribution in [0.2, 0.25) is 0 Å². The van der Waals surface area contributed by atoms with Crippen LogP contribution in [0.5, 0.6) is 5.75 Å². The van der Waals surface area contributed by atoms with Crippen LogP contribution in [0.15, 0.2) is 61.2 Å². The summed E-state index contributed by atoms with van der Waals surface area (Å²) in [5, 5.41) is 0. The van der Waals surface area contributed by atoms with Gasteiger partial charge in [0.2, 0.25) is 0 Å². The van der Waals surface area contributed by atoms with Crippen LogP contribution < -0.4 is 4.74 Å². The fourth-order valence-corrected chi connectivity index (χ4v) is 4.37. The summed E-state index contributed by atoms with van der Waals surface area (Å²) in [6.07, 6.45) is 6.99. The molecule has 5 nitrogen and oxygen atoms in total. The van der Waals surface area contributed by atoms with Gasteiger partial charge >= 0.3 is 0 Å². The molecule has 0 radical (unpaired) electrons. The Balaban J connectivity index is 1.30. The summed E-state index contributed by atoms with van der Waals surface area (Å²) >= 11 is 0. The number of benzene rings is 2. The van der Waals surface area contributed by atoms with Crippen LogP contribution in [0.1, 0.15) is 30.7 Å². The first-order valence-electron chi connectivity index (χ1n) is 11.9. The molecular formula is C27H35N3O2. The number of allylic oxidation sites excluding steroid dienone is 1. The first-order valence-corrected chi connectivity index (χ1v) is 11.9. The van der Waals surface area contributed by atoms with Crippen LogP contribution >= 0.6 is 0 Å². The number of morpholine rings is 1. The zero-order chi connectivity index (χ0) is 22.0. The average molecular weight is 434 g/mol. The summed E-state index contributed by atoms with van der Waals surface area (Å²) in [6.45, 7) is 10.5. The molecule has 1 aliphatic heterocycles. The molecular weight excluding hydrogens is 398 g/mol. The number of ether oxygens (including phenoxy) is 2. The number of nitrogens with zero attached hydrogens (tertiary/aromatic N) is 3. The molecule has 170 valence electrons. The van der Waals surface area contributed by atoms with Gasteiger partial charge in [0.25, 0.3) is 0 Å². The van der Waals surface area contributed by atoms with E-state index in [2.05, 4.69) is 58.5 Å². The maximum atomic E-state index is 6.07. The molecule has 1 aromatic heterocycles. The van der Waals surface area contributed by atoms with Gasteiger partial charge < -0.3 is 14.0 Å². The lowest BCUT2D eigenvalue weighted by molar-refractivity contribution is 0.0374. The molecule has 3 aromatic rings. The van der Waals surface area contributed by atoms with Gasteiger partial charge in [0.15, 0.2) is 0 Å². The molecule has 0 atom stereocenters. The third kappa shape index (κ3) is 5.99. The fraction of sp³-hybridized carbons (Fsp3) is 0.444. The monoisotopic (exact) mass is 433 g/mol. The molecule has 2 heterocycles. The number of hydrogen-bond acceptors (Lipinski definition) is 4. The maximum Gasteiger partial charge on any atom is 0.122 e. The summed E-state index contributed by atoms with van der Waals surface area (Å²) < 4.78 is 13.9. The van der Waals surface area contributed by atoms with Crippen molar-refractivity contribution in [3.8, 4) is 5.75 Å². The van der Waals surface area contributed by atoms with Gasteiger partial charge in [0, 0.05) is 26.1 Å². The van der Waals surface area contributed by atoms with Crippen molar-refractivity contribution in [2.75, 3.05) is 39.5 Å². The minimum atomic E-state index is 0.729. The molecule has 2 aromatic carbocycles. The SMILES string of the molecule is C=CCc1ccccc1OCCCCn1c(CCCN2CCOCC2)nc2ccccc21. The lowest BCUT2D eigenvalue weighted by Gasteiger charge is -2.26. The van der Waals surface area contributed by atoms with E-state index in [9.17, 15) is 0 Å². The lowest BCUT2D eigenvalue weighted by atomic mass is 10.1. The lowest BCUT2D eigenvalue weighted by Crippen LogP contribution is -2.37. The van der Waals surface area contributed by atoms with Crippen LogP contribution in [-0.4, -0.2) is 53.9 Å². The Labute approximate surface area is 191 Å². The normalized spacial score (nSPS) is 14.6. The topological polar surface area (TPSA) is 39.5 Å². The van der Waals surface area contributed by atoms with E-state index in [1.807, 2.05) is 12.1 Å². The summed E-state index contributed by atoms with van der Waals surface area (Å²) in [4.78, 5) is 7.45. The summed E-state index contributed by atoms with van der Waals surface area (Å²) in [7, 11) is 0. The number of para-hydroxylation sites is 3. The van der Waals surface area contributed by atoms with Gasteiger partial charge in [-0.3, -0.25) is 4.90 Å². The second-order valence-electron chi connectivity index (χ2n) is 8.38. The van der Waals surface area contributed by atoms with Crippen LogP contribution in [-0.2, 0) is 24.1 Å². The largest absolute Gasteiger partial charge is 0.493 e. The summed E-state index contributed by atoms with van der Waals surface area (Å²) in [6, 6.07) is 16.7. The highest BCUT2D eigenvalue weighted by Crippen LogP contribution is 2.20. The highest BCUT2D eigenvalue weighted by atomic mass is 16.5. The van der Waals surface area contributed by atoms with Crippen LogP contribution in [0.4, 0.5) is 0 Å². The van der Waals surface area contributed by atoms with E-state index in [0.717, 1.165) is 89.4 Å². The first-order chi connectivity index (χ1) is 15.8. The molecule has 0 amide bonds. The maximum absolute atomic E-state index is 6.07. The molecule has 1 aliphatic rings. The minimum Gasteiger partial charge on any atom is -0.493 e. The average Bonchev–Trinajstić information content (AvgIpc) is 3.18. The van der Waals surface area contributed by atoms with Gasteiger partial charge in [0.05, 0.1) is 30.9 Å². The van der Waals surface area contributed by atoms with E-state index in [1.165, 1.54) is 16.9 Å². The molecule has 1 fully saturated rings. The molecule has 32 heavy (non-hydrogen) atoms. The van der Waals surface area contributed by atoms with Crippen LogP contribution in [0.3, 0.4) is 0 Å². The Morgan fingerprint density at radius 3 is 2.66 bits per heavy atom. The smallest absolute Gasteiger partial charge is 0.122 e. The molecule has 4 rings (SSSR count). The Morgan fingerprint density at radius 1 is 0.969 bits per heavy atom. The van der Waals surface area contributed by atoms with E-state index in [1.54, 1.807) is 0 Å². The third-order valence-electron chi connectivity index (χ3n) is 6.08. The first kappa shape index (κ1) is 22.6. The number of fused-ring (bicyclic) bond motifs is 1. The van der Waals surface area contributed by atoms with Crippen molar-refractivity contribution < 1.29 is 9.47 Å². The second-order valence-corrected chi connectivity index (χ2v) is 8.38. The Morgan fingerprint density at radius 2 is 1.78 bits per heavy atom. The van der Waals surface area contributed by atoms with E-state index >= 15 is 0 Å². The van der Waals surface area contributed by atoms with E-state index in [-0.39, 0.29) is 0 Å². The van der Waals surface area contributed by atoms with Gasteiger partial charge in [-0.05, 0) is 56.0 Å². The zero-order valence-corrected chi connectivity index (χ0v) is 19.0. The Kier molecular flexibility index (Phi) is 8.35. The van der Waals surface area contributed by atoms with Crippen molar-refractivity contribution in [2.45, 2.75) is 38.6 Å². The van der Waals surface area contributed by atoms with Crippen molar-refractivity contribution in [3.63, 3.8) is 0 Å². The van der Waals surface area contributed by atoms with Crippen molar-refractivity contribution in [2.24, 2.45) is 0 Å². The molecule has 0 saturated carbocycles. The highest BCUT2D eigenvalue weighted by molar-refractivity contribution is 5.75. The number of imidazole rings is 1. The minimum absolute atomic E-state index is 0.729. The van der Waals surface area contributed by atoms with E-state index < -0.39 is 0 Å². The number of aromatic nitrogens is 2. The Bertz CT molecular complexity index is 991. The molecule has 0 spiro atoms. The summed E-state index contributed by atoms with van der Waals surface area (Å²) in [5.74, 6) is 2.18. The van der Waals surface area contributed by atoms with Crippen LogP contribution in [0.25, 0.3) is 11.0 Å². The predicted octanol–water partition coefficient (Wildman–Crippen LogP) is 4.89. The molecule has 1 saturated heterocycles. The predicted molar refractivity (Wildman–Crippen MR) is 130 cm³/mol. The third-order valence-corrected chi connectivity index (χ3v) is 6.08. The molecule has 0 unspecified atom stereocenters. The molecule has 0 N–H and O–H groups in total. The zero-order valence-electron chi connectivity index (χ0n) is 19.0. The standard InChI is InChI=1S/C27H35N3O2/c1-2-10-23-11-3-6-14-26(23)32-20-8-7-17-30-25-13-5-4-12-24(25)28-27(30)15-9-16-29-18-21-31-22-19-29/h2-6,11-14H,1,7-10,15-22H2. The fourth-order valence-electron chi connectivity index (χ4n) is 4.37. The van der Waals surface area contributed by atoms with Crippen molar-refractivity contribution in [3.05, 3.63) is 72.6 Å². The number of hydrogen-bond donors (Lipinski definition) is 0. The molecule has 0 aliphatic carbocycles. The molecule has 0 bridgehead atoms. The van der Waals surface area contributed by atoms with Crippen molar-refractivity contribution in [1.82, 2.24) is 14.5 Å². The number of aryl methyl sites for hydroxylation is 2. The number of unbranched alkanes of at least 4 members (excludes halogenated alkanes) is 1. The van der Waals surface area contributed by atoms with E-state index in [0.29, 0.717) is 0 Å². The number of rotatable bonds is 12. The second kappa shape index (κ2) is 11.8. The molecule has 5 heteroatoms. The highest BCUT2D eigenvalue weighted by Gasteiger charge is 2.13. The van der Waals surface area contributed by atoms with Gasteiger partial charge in [0.1, 0.15) is 11.6 Å². The van der Waals surface area contributed by atoms with Crippen molar-refractivity contribution >= 4 is 11.0 Å². The summed E-state index contributed by atoms with van der Waals surface area (Å²) in [5.41, 5.74) is 3.54. The van der Waals surface area contributed by atoms with Crippen LogP contribution in [0, 0.1) is 0 Å². The van der Waals surface area contributed by atoms with Gasteiger partial charge in [-0.1, -0.05) is 36.4 Å². The van der Waals surface area contributed by atoms with Gasteiger partial charge in [-0.2, -0.15) is 0 Å². The Hall–Kier alpha value is -2.63. The van der Waals surface area contributed by atoms with Gasteiger partial charge in [-0.15, -0.1) is 6.58 Å². The van der Waals surface area contributed by atoms with Crippen molar-refractivity contribution in [1.29, 1.82) is 0 Å². The quantitative estimate of drug-likeness (QED) is 0.301.